The minimum atomic E-state index is 0.142. The van der Waals surface area contributed by atoms with Crippen LogP contribution in [0.3, 0.4) is 0 Å². The van der Waals surface area contributed by atoms with Crippen LogP contribution in [-0.4, -0.2) is 18.6 Å². The van der Waals surface area contributed by atoms with Crippen LogP contribution in [-0.2, 0) is 6.54 Å². The van der Waals surface area contributed by atoms with E-state index >= 15 is 0 Å². The van der Waals surface area contributed by atoms with Crippen molar-refractivity contribution >= 4 is 5.69 Å². The van der Waals surface area contributed by atoms with Crippen molar-refractivity contribution < 1.29 is 0 Å². The highest BCUT2D eigenvalue weighted by atomic mass is 15.1. The smallest absolute Gasteiger partial charge is 0.0411 e. The van der Waals surface area contributed by atoms with Crippen molar-refractivity contribution in [2.45, 2.75) is 66.6 Å². The molecule has 1 atom stereocenters. The van der Waals surface area contributed by atoms with Gasteiger partial charge in [-0.25, -0.2) is 0 Å². The summed E-state index contributed by atoms with van der Waals surface area (Å²) in [7, 11) is 2.20. The Morgan fingerprint density at radius 2 is 1.75 bits per heavy atom. The number of nitrogens with one attached hydrogen (secondary N) is 1. The standard InChI is InChI=1S/C18H32N2/c1-13(2)15(4)20(8)17-10-9-14(3)11-16(17)12-19-18(5,6)7/h9-11,13,15,19H,12H2,1-8H3. The lowest BCUT2D eigenvalue weighted by molar-refractivity contribution is 0.423. The second-order valence-electron chi connectivity index (χ2n) is 7.33. The van der Waals surface area contributed by atoms with Crippen molar-refractivity contribution in [1.29, 1.82) is 0 Å². The molecule has 1 aromatic rings. The van der Waals surface area contributed by atoms with Crippen LogP contribution in [0.5, 0.6) is 0 Å². The van der Waals surface area contributed by atoms with Crippen LogP contribution in [0.2, 0.25) is 0 Å². The molecule has 1 aromatic carbocycles. The maximum Gasteiger partial charge on any atom is 0.0411 e. The van der Waals surface area contributed by atoms with Gasteiger partial charge >= 0.3 is 0 Å². The Balaban J connectivity index is 3.01. The molecule has 1 rings (SSSR count). The molecule has 0 spiro atoms. The molecule has 0 aliphatic heterocycles. The van der Waals surface area contributed by atoms with Gasteiger partial charge in [-0.2, -0.15) is 0 Å². The Labute approximate surface area is 125 Å². The Morgan fingerprint density at radius 3 is 2.25 bits per heavy atom. The maximum atomic E-state index is 3.60. The van der Waals surface area contributed by atoms with E-state index in [-0.39, 0.29) is 5.54 Å². The molecule has 20 heavy (non-hydrogen) atoms. The molecule has 0 saturated heterocycles. The van der Waals surface area contributed by atoms with E-state index in [1.54, 1.807) is 0 Å². The van der Waals surface area contributed by atoms with Crippen molar-refractivity contribution in [2.75, 3.05) is 11.9 Å². The van der Waals surface area contributed by atoms with Crippen LogP contribution in [0.25, 0.3) is 0 Å². The minimum Gasteiger partial charge on any atom is -0.371 e. The van der Waals surface area contributed by atoms with E-state index in [0.717, 1.165) is 6.54 Å². The van der Waals surface area contributed by atoms with Crippen molar-refractivity contribution in [2.24, 2.45) is 5.92 Å². The molecule has 1 N–H and O–H groups in total. The van der Waals surface area contributed by atoms with Crippen LogP contribution in [0, 0.1) is 12.8 Å². The number of nitrogens with zero attached hydrogens (tertiary/aromatic N) is 1. The van der Waals surface area contributed by atoms with Gasteiger partial charge in [0.25, 0.3) is 0 Å². The van der Waals surface area contributed by atoms with E-state index in [1.807, 2.05) is 0 Å². The lowest BCUT2D eigenvalue weighted by Crippen LogP contribution is -2.37. The fourth-order valence-electron chi connectivity index (χ4n) is 2.23. The first-order valence-corrected chi connectivity index (χ1v) is 7.69. The normalized spacial score (nSPS) is 13.7. The molecule has 2 heteroatoms. The monoisotopic (exact) mass is 276 g/mol. The predicted octanol–water partition coefficient (Wildman–Crippen LogP) is 4.36. The van der Waals surface area contributed by atoms with Gasteiger partial charge in [0.1, 0.15) is 0 Å². The first-order valence-electron chi connectivity index (χ1n) is 7.69. The molecule has 114 valence electrons. The molecule has 0 fully saturated rings. The topological polar surface area (TPSA) is 15.3 Å². The second-order valence-corrected chi connectivity index (χ2v) is 7.33. The quantitative estimate of drug-likeness (QED) is 0.859. The van der Waals surface area contributed by atoms with Crippen LogP contribution in [0.1, 0.15) is 52.7 Å². The van der Waals surface area contributed by atoms with Gasteiger partial charge < -0.3 is 10.2 Å². The van der Waals surface area contributed by atoms with Gasteiger partial charge in [0.05, 0.1) is 0 Å². The zero-order chi connectivity index (χ0) is 15.5. The molecular weight excluding hydrogens is 244 g/mol. The number of hydrogen-bond acceptors (Lipinski definition) is 2. The minimum absolute atomic E-state index is 0.142. The van der Waals surface area contributed by atoms with Gasteiger partial charge in [-0.15, -0.1) is 0 Å². The predicted molar refractivity (Wildman–Crippen MR) is 90.5 cm³/mol. The highest BCUT2D eigenvalue weighted by molar-refractivity contribution is 5.55. The van der Waals surface area contributed by atoms with E-state index in [4.69, 9.17) is 0 Å². The molecule has 0 radical (unpaired) electrons. The molecule has 0 saturated carbocycles. The van der Waals surface area contributed by atoms with Crippen LogP contribution >= 0.6 is 0 Å². The summed E-state index contributed by atoms with van der Waals surface area (Å²) in [6.45, 7) is 16.6. The number of anilines is 1. The zero-order valence-corrected chi connectivity index (χ0v) is 14.5. The average Bonchev–Trinajstić information content (AvgIpc) is 2.33. The molecule has 0 aromatic heterocycles. The van der Waals surface area contributed by atoms with Gasteiger partial charge in [0.2, 0.25) is 0 Å². The summed E-state index contributed by atoms with van der Waals surface area (Å²) in [4.78, 5) is 2.41. The highest BCUT2D eigenvalue weighted by Crippen LogP contribution is 2.25. The van der Waals surface area contributed by atoms with Crippen molar-refractivity contribution in [3.8, 4) is 0 Å². The van der Waals surface area contributed by atoms with Crippen molar-refractivity contribution in [1.82, 2.24) is 5.32 Å². The van der Waals surface area contributed by atoms with Crippen molar-refractivity contribution in [3.05, 3.63) is 29.3 Å². The maximum absolute atomic E-state index is 3.60. The molecule has 0 heterocycles. The first kappa shape index (κ1) is 17.0. The van der Waals surface area contributed by atoms with Gasteiger partial charge in [-0.3, -0.25) is 0 Å². The highest BCUT2D eigenvalue weighted by Gasteiger charge is 2.17. The van der Waals surface area contributed by atoms with Gasteiger partial charge in [-0.05, 0) is 52.2 Å². The average molecular weight is 276 g/mol. The van der Waals surface area contributed by atoms with E-state index in [9.17, 15) is 0 Å². The molecule has 0 aliphatic carbocycles. The van der Waals surface area contributed by atoms with E-state index in [2.05, 4.69) is 83.9 Å². The lowest BCUT2D eigenvalue weighted by atomic mass is 10.0. The third-order valence-electron chi connectivity index (χ3n) is 4.00. The van der Waals surface area contributed by atoms with Crippen LogP contribution < -0.4 is 10.2 Å². The largest absolute Gasteiger partial charge is 0.371 e. The molecule has 0 amide bonds. The Bertz CT molecular complexity index is 430. The SMILES string of the molecule is Cc1ccc(N(C)C(C)C(C)C)c(CNC(C)(C)C)c1. The summed E-state index contributed by atoms with van der Waals surface area (Å²) >= 11 is 0. The molecule has 0 bridgehead atoms. The van der Waals surface area contributed by atoms with Gasteiger partial charge in [0, 0.05) is 30.9 Å². The second kappa shape index (κ2) is 6.62. The van der Waals surface area contributed by atoms with E-state index in [1.165, 1.54) is 16.8 Å². The van der Waals surface area contributed by atoms with E-state index in [0.29, 0.717) is 12.0 Å². The molecular formula is C18H32N2. The Morgan fingerprint density at radius 1 is 1.15 bits per heavy atom. The summed E-state index contributed by atoms with van der Waals surface area (Å²) < 4.78 is 0. The number of benzene rings is 1. The zero-order valence-electron chi connectivity index (χ0n) is 14.5. The Hall–Kier alpha value is -1.02. The summed E-state index contributed by atoms with van der Waals surface area (Å²) in [5, 5.41) is 3.60. The van der Waals surface area contributed by atoms with Gasteiger partial charge in [-0.1, -0.05) is 31.5 Å². The first-order chi connectivity index (χ1) is 9.11. The fraction of sp³-hybridized carbons (Fsp3) is 0.667. The number of aryl methyl sites for hydroxylation is 1. The lowest BCUT2D eigenvalue weighted by Gasteiger charge is -2.32. The number of hydrogen-bond donors (Lipinski definition) is 1. The number of rotatable bonds is 5. The summed E-state index contributed by atoms with van der Waals surface area (Å²) in [6, 6.07) is 7.30. The molecule has 2 nitrogen and oxygen atoms in total. The third kappa shape index (κ3) is 4.82. The molecule has 0 aliphatic rings. The van der Waals surface area contributed by atoms with Gasteiger partial charge in [0.15, 0.2) is 0 Å². The van der Waals surface area contributed by atoms with Crippen LogP contribution in [0.15, 0.2) is 18.2 Å². The molecule has 1 unspecified atom stereocenters. The fourth-order valence-corrected chi connectivity index (χ4v) is 2.23. The van der Waals surface area contributed by atoms with Crippen molar-refractivity contribution in [3.63, 3.8) is 0 Å². The summed E-state index contributed by atoms with van der Waals surface area (Å²) in [6.07, 6.45) is 0. The Kier molecular flexibility index (Phi) is 5.64. The summed E-state index contributed by atoms with van der Waals surface area (Å²) in [5.41, 5.74) is 4.19. The summed E-state index contributed by atoms with van der Waals surface area (Å²) in [5.74, 6) is 0.643. The van der Waals surface area contributed by atoms with E-state index < -0.39 is 0 Å². The van der Waals surface area contributed by atoms with Crippen LogP contribution in [0.4, 0.5) is 5.69 Å². The third-order valence-corrected chi connectivity index (χ3v) is 4.00.